The van der Waals surface area contributed by atoms with Gasteiger partial charge in [-0.25, -0.2) is 0 Å². The van der Waals surface area contributed by atoms with E-state index >= 15 is 0 Å². The highest BCUT2D eigenvalue weighted by molar-refractivity contribution is 4.93. The van der Waals surface area contributed by atoms with E-state index in [4.69, 9.17) is 9.57 Å². The number of morpholine rings is 1. The molecule has 7 atom stereocenters. The van der Waals surface area contributed by atoms with E-state index in [1.54, 1.807) is 0 Å². The molecular formula is C22H41N5O3. The van der Waals surface area contributed by atoms with Gasteiger partial charge in [0.25, 0.3) is 0 Å². The zero-order chi connectivity index (χ0) is 20.3. The van der Waals surface area contributed by atoms with Gasteiger partial charge in [0.2, 0.25) is 0 Å². The number of hydrogen-bond donors (Lipinski definition) is 4. The minimum absolute atomic E-state index is 0.0511. The maximum absolute atomic E-state index is 10.4. The monoisotopic (exact) mass is 423 g/mol. The van der Waals surface area contributed by atoms with Crippen LogP contribution in [0.15, 0.2) is 0 Å². The van der Waals surface area contributed by atoms with Crippen LogP contribution in [0.5, 0.6) is 0 Å². The Labute approximate surface area is 181 Å². The van der Waals surface area contributed by atoms with Crippen molar-refractivity contribution in [2.24, 2.45) is 11.8 Å². The maximum atomic E-state index is 10.4. The summed E-state index contributed by atoms with van der Waals surface area (Å²) in [7, 11) is 0. The number of hydrogen-bond acceptors (Lipinski definition) is 8. The third kappa shape index (κ3) is 4.86. The number of rotatable bonds is 5. The van der Waals surface area contributed by atoms with E-state index in [-0.39, 0.29) is 18.5 Å². The molecule has 1 saturated carbocycles. The first-order valence-corrected chi connectivity index (χ1v) is 12.4. The SMILES string of the molecule is OC1CCCCC1CN1CCC[C@H]1C1NC(C2CCC(N3CCOCC3)NC2)NO1. The molecule has 4 aliphatic heterocycles. The van der Waals surface area contributed by atoms with Gasteiger partial charge in [-0.3, -0.25) is 20.0 Å². The molecule has 1 aliphatic carbocycles. The summed E-state index contributed by atoms with van der Waals surface area (Å²) in [6.45, 7) is 6.97. The van der Waals surface area contributed by atoms with Gasteiger partial charge in [-0.05, 0) is 51.0 Å². The molecule has 6 unspecified atom stereocenters. The van der Waals surface area contributed by atoms with Crippen molar-refractivity contribution in [2.45, 2.75) is 82.1 Å². The molecule has 0 radical (unpaired) electrons. The zero-order valence-electron chi connectivity index (χ0n) is 18.3. The lowest BCUT2D eigenvalue weighted by Crippen LogP contribution is -2.57. The lowest BCUT2D eigenvalue weighted by molar-refractivity contribution is -0.0350. The molecule has 8 nitrogen and oxygen atoms in total. The first kappa shape index (κ1) is 21.5. The number of aliphatic hydroxyl groups excluding tert-OH is 1. The second-order valence-electron chi connectivity index (χ2n) is 10.0. The molecule has 4 saturated heterocycles. The van der Waals surface area contributed by atoms with Crippen LogP contribution in [0.4, 0.5) is 0 Å². The van der Waals surface area contributed by atoms with Crippen LogP contribution in [0.3, 0.4) is 0 Å². The van der Waals surface area contributed by atoms with E-state index in [1.165, 1.54) is 44.9 Å². The average Bonchev–Trinajstić information content (AvgIpc) is 3.46. The third-order valence-corrected chi connectivity index (χ3v) is 8.15. The molecule has 5 rings (SSSR count). The lowest BCUT2D eigenvalue weighted by Gasteiger charge is -2.40. The number of nitrogens with zero attached hydrogens (tertiary/aromatic N) is 2. The fourth-order valence-corrected chi connectivity index (χ4v) is 6.29. The van der Waals surface area contributed by atoms with Crippen molar-refractivity contribution in [2.75, 3.05) is 45.9 Å². The average molecular weight is 424 g/mol. The largest absolute Gasteiger partial charge is 0.393 e. The highest BCUT2D eigenvalue weighted by atomic mass is 16.7. The van der Waals surface area contributed by atoms with Gasteiger partial charge >= 0.3 is 0 Å². The van der Waals surface area contributed by atoms with E-state index in [2.05, 4.69) is 25.9 Å². The maximum Gasteiger partial charge on any atom is 0.146 e. The Bertz CT molecular complexity index is 541. The minimum Gasteiger partial charge on any atom is -0.393 e. The van der Waals surface area contributed by atoms with Crippen LogP contribution in [0.25, 0.3) is 0 Å². The summed E-state index contributed by atoms with van der Waals surface area (Å²) in [6, 6.07) is 0.411. The molecule has 172 valence electrons. The fraction of sp³-hybridized carbons (Fsp3) is 1.00. The van der Waals surface area contributed by atoms with Gasteiger partial charge < -0.3 is 15.2 Å². The molecule has 0 bridgehead atoms. The van der Waals surface area contributed by atoms with Gasteiger partial charge in [-0.15, -0.1) is 0 Å². The van der Waals surface area contributed by atoms with Gasteiger partial charge in [0, 0.05) is 32.1 Å². The predicted octanol–water partition coefficient (Wildman–Crippen LogP) is 0.436. The fourth-order valence-electron chi connectivity index (χ4n) is 6.29. The number of piperidine rings is 1. The van der Waals surface area contributed by atoms with Crippen LogP contribution in [0, 0.1) is 11.8 Å². The quantitative estimate of drug-likeness (QED) is 0.507. The second kappa shape index (κ2) is 10.1. The number of likely N-dealkylation sites (tertiary alicyclic amines) is 1. The topological polar surface area (TPSA) is 81.3 Å². The van der Waals surface area contributed by atoms with Crippen molar-refractivity contribution in [1.29, 1.82) is 0 Å². The number of ether oxygens (including phenoxy) is 1. The highest BCUT2D eigenvalue weighted by Crippen LogP contribution is 2.30. The Hall–Kier alpha value is -0.320. The molecule has 0 spiro atoms. The molecule has 0 aromatic carbocycles. The van der Waals surface area contributed by atoms with Crippen LogP contribution < -0.4 is 16.1 Å². The smallest absolute Gasteiger partial charge is 0.146 e. The molecule has 0 amide bonds. The van der Waals surface area contributed by atoms with Crippen molar-refractivity contribution < 1.29 is 14.7 Å². The number of hydroxylamine groups is 1. The summed E-state index contributed by atoms with van der Waals surface area (Å²) in [4.78, 5) is 11.2. The number of nitrogens with one attached hydrogen (secondary N) is 3. The van der Waals surface area contributed by atoms with Gasteiger partial charge in [0.1, 0.15) is 6.23 Å². The van der Waals surface area contributed by atoms with Crippen molar-refractivity contribution in [3.8, 4) is 0 Å². The van der Waals surface area contributed by atoms with E-state index in [1.807, 2.05) is 0 Å². The summed E-state index contributed by atoms with van der Waals surface area (Å²) in [5.41, 5.74) is 3.32. The van der Waals surface area contributed by atoms with Crippen LogP contribution in [0.1, 0.15) is 51.4 Å². The van der Waals surface area contributed by atoms with Crippen LogP contribution >= 0.6 is 0 Å². The lowest BCUT2D eigenvalue weighted by atomic mass is 9.86. The summed E-state index contributed by atoms with van der Waals surface area (Å²) in [5.74, 6) is 0.978. The van der Waals surface area contributed by atoms with E-state index in [9.17, 15) is 5.11 Å². The van der Waals surface area contributed by atoms with Crippen LogP contribution in [-0.4, -0.2) is 91.5 Å². The predicted molar refractivity (Wildman–Crippen MR) is 114 cm³/mol. The van der Waals surface area contributed by atoms with Crippen molar-refractivity contribution in [3.63, 3.8) is 0 Å². The molecule has 5 fully saturated rings. The zero-order valence-corrected chi connectivity index (χ0v) is 18.3. The molecular weight excluding hydrogens is 382 g/mol. The standard InChI is InChI=1S/C22H41N5O3/c28-19-6-2-1-4-17(19)15-27-9-3-5-18(27)22-24-21(25-30-22)16-7-8-20(23-14-16)26-10-12-29-13-11-26/h16-25,28H,1-15H2/t16?,17?,18-,19?,20?,21?,22?/m0/s1. The van der Waals surface area contributed by atoms with Gasteiger partial charge in [0.05, 0.1) is 37.7 Å². The van der Waals surface area contributed by atoms with Crippen LogP contribution in [-0.2, 0) is 9.57 Å². The first-order valence-electron chi connectivity index (χ1n) is 12.4. The molecule has 8 heteroatoms. The summed E-state index contributed by atoms with van der Waals surface area (Å²) >= 11 is 0. The summed E-state index contributed by atoms with van der Waals surface area (Å²) < 4.78 is 5.49. The second-order valence-corrected chi connectivity index (χ2v) is 10.0. The Kier molecular flexibility index (Phi) is 7.23. The van der Waals surface area contributed by atoms with Crippen molar-refractivity contribution >= 4 is 0 Å². The molecule has 30 heavy (non-hydrogen) atoms. The van der Waals surface area contributed by atoms with Crippen LogP contribution in [0.2, 0.25) is 0 Å². The van der Waals surface area contributed by atoms with E-state index in [0.29, 0.717) is 24.0 Å². The summed E-state index contributed by atoms with van der Waals surface area (Å²) in [6.07, 6.45) is 10.0. The van der Waals surface area contributed by atoms with Gasteiger partial charge in [0.15, 0.2) is 0 Å². The van der Waals surface area contributed by atoms with Crippen molar-refractivity contribution in [1.82, 2.24) is 25.9 Å². The normalized spacial score (nSPS) is 44.5. The Morgan fingerprint density at radius 1 is 0.933 bits per heavy atom. The highest BCUT2D eigenvalue weighted by Gasteiger charge is 2.42. The Morgan fingerprint density at radius 2 is 1.80 bits per heavy atom. The minimum atomic E-state index is -0.115. The molecule has 4 heterocycles. The molecule has 5 aliphatic rings. The third-order valence-electron chi connectivity index (χ3n) is 8.15. The van der Waals surface area contributed by atoms with E-state index in [0.717, 1.165) is 52.4 Å². The van der Waals surface area contributed by atoms with Gasteiger partial charge in [-0.2, -0.15) is 5.48 Å². The Balaban J connectivity index is 1.09. The molecule has 0 aromatic rings. The number of aliphatic hydroxyl groups is 1. The van der Waals surface area contributed by atoms with Gasteiger partial charge in [-0.1, -0.05) is 12.8 Å². The Morgan fingerprint density at radius 3 is 2.60 bits per heavy atom. The molecule has 4 N–H and O–H groups in total. The van der Waals surface area contributed by atoms with E-state index < -0.39 is 0 Å². The summed E-state index contributed by atoms with van der Waals surface area (Å²) in [5, 5.41) is 17.9. The molecule has 0 aromatic heterocycles. The first-order chi connectivity index (χ1) is 14.8. The van der Waals surface area contributed by atoms with Crippen molar-refractivity contribution in [3.05, 3.63) is 0 Å².